The Morgan fingerprint density at radius 2 is 1.81 bits per heavy atom. The fourth-order valence-corrected chi connectivity index (χ4v) is 2.14. The van der Waals surface area contributed by atoms with Gasteiger partial charge in [-0.15, -0.1) is 0 Å². The van der Waals surface area contributed by atoms with Crippen LogP contribution in [0.4, 0.5) is 11.4 Å². The molecule has 5 heteroatoms. The third kappa shape index (κ3) is 4.07. The Morgan fingerprint density at radius 3 is 2.48 bits per heavy atom. The van der Waals surface area contributed by atoms with Gasteiger partial charge in [-0.1, -0.05) is 23.7 Å². The molecule has 2 N–H and O–H groups in total. The van der Waals surface area contributed by atoms with Crippen LogP contribution in [0.3, 0.4) is 0 Å². The molecule has 2 rings (SSSR count). The van der Waals surface area contributed by atoms with Gasteiger partial charge < -0.3 is 10.6 Å². The average molecular weight is 303 g/mol. The van der Waals surface area contributed by atoms with Gasteiger partial charge in [0, 0.05) is 18.2 Å². The lowest BCUT2D eigenvalue weighted by Gasteiger charge is -2.09. The molecule has 0 bridgehead atoms. The predicted octanol–water partition coefficient (Wildman–Crippen LogP) is 3.86. The predicted molar refractivity (Wildman–Crippen MR) is 84.9 cm³/mol. The minimum absolute atomic E-state index is 0.186. The van der Waals surface area contributed by atoms with Gasteiger partial charge in [0.1, 0.15) is 0 Å². The Labute approximate surface area is 128 Å². The molecular formula is C16H15ClN2O2. The number of anilines is 2. The molecule has 0 aliphatic heterocycles. The molecule has 0 aliphatic rings. The lowest BCUT2D eigenvalue weighted by atomic mass is 10.1. The van der Waals surface area contributed by atoms with Crippen molar-refractivity contribution in [2.45, 2.75) is 13.8 Å². The van der Waals surface area contributed by atoms with Crippen molar-refractivity contribution in [1.29, 1.82) is 0 Å². The van der Waals surface area contributed by atoms with E-state index < -0.39 is 0 Å². The van der Waals surface area contributed by atoms with Gasteiger partial charge in [0.25, 0.3) is 5.91 Å². The van der Waals surface area contributed by atoms with E-state index in [1.165, 1.54) is 6.92 Å². The van der Waals surface area contributed by atoms with Crippen molar-refractivity contribution in [2.75, 3.05) is 10.6 Å². The highest BCUT2D eigenvalue weighted by Gasteiger charge is 2.09. The molecule has 0 radical (unpaired) electrons. The van der Waals surface area contributed by atoms with E-state index in [4.69, 9.17) is 11.6 Å². The maximum absolute atomic E-state index is 12.2. The number of hydrogen-bond acceptors (Lipinski definition) is 2. The van der Waals surface area contributed by atoms with Gasteiger partial charge >= 0.3 is 0 Å². The molecule has 21 heavy (non-hydrogen) atoms. The first kappa shape index (κ1) is 15.1. The van der Waals surface area contributed by atoms with Crippen LogP contribution in [-0.2, 0) is 4.79 Å². The second-order valence-electron chi connectivity index (χ2n) is 4.70. The summed E-state index contributed by atoms with van der Waals surface area (Å²) in [6, 6.07) is 12.1. The summed E-state index contributed by atoms with van der Waals surface area (Å²) in [6.07, 6.45) is 0. The summed E-state index contributed by atoms with van der Waals surface area (Å²) in [4.78, 5) is 23.2. The Balaban J connectivity index is 2.18. The van der Waals surface area contributed by atoms with Crippen LogP contribution in [0.1, 0.15) is 22.8 Å². The molecule has 2 aromatic rings. The van der Waals surface area contributed by atoms with Gasteiger partial charge in [-0.3, -0.25) is 9.59 Å². The molecule has 0 saturated heterocycles. The normalized spacial score (nSPS) is 10.0. The molecule has 2 amide bonds. The zero-order valence-electron chi connectivity index (χ0n) is 11.7. The van der Waals surface area contributed by atoms with Gasteiger partial charge in [-0.25, -0.2) is 0 Å². The lowest BCUT2D eigenvalue weighted by molar-refractivity contribution is -0.114. The Bertz CT molecular complexity index is 698. The number of hydrogen-bond donors (Lipinski definition) is 2. The van der Waals surface area contributed by atoms with E-state index in [1.54, 1.807) is 36.4 Å². The van der Waals surface area contributed by atoms with Crippen molar-refractivity contribution in [2.24, 2.45) is 0 Å². The van der Waals surface area contributed by atoms with Crippen molar-refractivity contribution in [1.82, 2.24) is 0 Å². The molecular weight excluding hydrogens is 288 g/mol. The summed E-state index contributed by atoms with van der Waals surface area (Å²) in [5.41, 5.74) is 2.59. The van der Waals surface area contributed by atoms with Crippen molar-refractivity contribution in [3.05, 3.63) is 58.6 Å². The molecule has 4 nitrogen and oxygen atoms in total. The molecule has 0 fully saturated rings. The smallest absolute Gasteiger partial charge is 0.255 e. The molecule has 108 valence electrons. The van der Waals surface area contributed by atoms with E-state index in [9.17, 15) is 9.59 Å². The van der Waals surface area contributed by atoms with Gasteiger partial charge in [0.05, 0.1) is 10.7 Å². The zero-order chi connectivity index (χ0) is 15.4. The van der Waals surface area contributed by atoms with E-state index in [1.807, 2.05) is 13.0 Å². The monoisotopic (exact) mass is 302 g/mol. The van der Waals surface area contributed by atoms with Gasteiger partial charge in [0.2, 0.25) is 5.91 Å². The maximum atomic E-state index is 12.2. The summed E-state index contributed by atoms with van der Waals surface area (Å²) in [5.74, 6) is -0.470. The first-order chi connectivity index (χ1) is 9.95. The second kappa shape index (κ2) is 6.41. The largest absolute Gasteiger partial charge is 0.326 e. The second-order valence-corrected chi connectivity index (χ2v) is 5.11. The topological polar surface area (TPSA) is 58.2 Å². The molecule has 0 saturated carbocycles. The number of benzene rings is 2. The van der Waals surface area contributed by atoms with Gasteiger partial charge in [-0.2, -0.15) is 0 Å². The molecule has 0 atom stereocenters. The number of carbonyl (C=O) groups excluding carboxylic acids is 2. The van der Waals surface area contributed by atoms with E-state index in [2.05, 4.69) is 10.6 Å². The number of halogens is 1. The van der Waals surface area contributed by atoms with Crippen molar-refractivity contribution in [3.8, 4) is 0 Å². The maximum Gasteiger partial charge on any atom is 0.255 e. The van der Waals surface area contributed by atoms with Crippen LogP contribution in [-0.4, -0.2) is 11.8 Å². The average Bonchev–Trinajstić information content (AvgIpc) is 2.41. The zero-order valence-corrected chi connectivity index (χ0v) is 12.5. The summed E-state index contributed by atoms with van der Waals surface area (Å²) < 4.78 is 0. The standard InChI is InChI=1S/C16H15ClN2O2/c1-10-6-7-15(14(17)8-10)19-16(21)12-4-3-5-13(9-12)18-11(2)20/h3-9H,1-2H3,(H,18,20)(H,19,21). The lowest BCUT2D eigenvalue weighted by Crippen LogP contribution is -2.13. The van der Waals surface area contributed by atoms with Crippen LogP contribution >= 0.6 is 11.6 Å². The van der Waals surface area contributed by atoms with E-state index in [-0.39, 0.29) is 11.8 Å². The molecule has 0 aliphatic carbocycles. The highest BCUT2D eigenvalue weighted by molar-refractivity contribution is 6.34. The summed E-state index contributed by atoms with van der Waals surface area (Å²) in [6.45, 7) is 3.34. The Hall–Kier alpha value is -2.33. The van der Waals surface area contributed by atoms with Gasteiger partial charge in [0.15, 0.2) is 0 Å². The molecule has 2 aromatic carbocycles. The van der Waals surface area contributed by atoms with Crippen LogP contribution in [0.25, 0.3) is 0 Å². The summed E-state index contributed by atoms with van der Waals surface area (Å²) in [7, 11) is 0. The third-order valence-electron chi connectivity index (χ3n) is 2.82. The number of nitrogens with one attached hydrogen (secondary N) is 2. The Kier molecular flexibility index (Phi) is 4.60. The van der Waals surface area contributed by atoms with Crippen molar-refractivity contribution < 1.29 is 9.59 Å². The highest BCUT2D eigenvalue weighted by atomic mass is 35.5. The number of aryl methyl sites for hydroxylation is 1. The number of rotatable bonds is 3. The van der Waals surface area contributed by atoms with Crippen LogP contribution < -0.4 is 10.6 Å². The SMILES string of the molecule is CC(=O)Nc1cccc(C(=O)Nc2ccc(C)cc2Cl)c1. The minimum atomic E-state index is -0.284. The van der Waals surface area contributed by atoms with E-state index in [0.717, 1.165) is 5.56 Å². The highest BCUT2D eigenvalue weighted by Crippen LogP contribution is 2.23. The van der Waals surface area contributed by atoms with Crippen molar-refractivity contribution in [3.63, 3.8) is 0 Å². The Morgan fingerprint density at radius 1 is 1.05 bits per heavy atom. The van der Waals surface area contributed by atoms with Crippen LogP contribution in [0.15, 0.2) is 42.5 Å². The van der Waals surface area contributed by atoms with Crippen LogP contribution in [0, 0.1) is 6.92 Å². The summed E-state index contributed by atoms with van der Waals surface area (Å²) in [5, 5.41) is 5.88. The first-order valence-electron chi connectivity index (χ1n) is 6.41. The first-order valence-corrected chi connectivity index (χ1v) is 6.78. The van der Waals surface area contributed by atoms with E-state index >= 15 is 0 Å². The molecule has 0 unspecified atom stereocenters. The number of amides is 2. The quantitative estimate of drug-likeness (QED) is 0.904. The number of carbonyl (C=O) groups is 2. The molecule has 0 aromatic heterocycles. The molecule has 0 spiro atoms. The third-order valence-corrected chi connectivity index (χ3v) is 3.13. The minimum Gasteiger partial charge on any atom is -0.326 e. The van der Waals surface area contributed by atoms with Gasteiger partial charge in [-0.05, 0) is 42.8 Å². The van der Waals surface area contributed by atoms with Crippen LogP contribution in [0.2, 0.25) is 5.02 Å². The summed E-state index contributed by atoms with van der Waals surface area (Å²) >= 11 is 6.09. The van der Waals surface area contributed by atoms with Crippen molar-refractivity contribution >= 4 is 34.8 Å². The molecule has 0 heterocycles. The fraction of sp³-hybridized carbons (Fsp3) is 0.125. The van der Waals surface area contributed by atoms with E-state index in [0.29, 0.717) is 22.0 Å². The van der Waals surface area contributed by atoms with Crippen LogP contribution in [0.5, 0.6) is 0 Å². The fourth-order valence-electron chi connectivity index (χ4n) is 1.86.